The van der Waals surface area contributed by atoms with Crippen LogP contribution < -0.4 is 0 Å². The molecule has 150 valence electrons. The first-order valence-electron chi connectivity index (χ1n) is 10.5. The lowest BCUT2D eigenvalue weighted by molar-refractivity contribution is 0.200. The van der Waals surface area contributed by atoms with E-state index in [4.69, 9.17) is 0 Å². The number of benzene rings is 4. The molecule has 0 aliphatic carbocycles. The van der Waals surface area contributed by atoms with Gasteiger partial charge in [-0.2, -0.15) is 0 Å². The highest BCUT2D eigenvalue weighted by molar-refractivity contribution is 5.93. The Kier molecular flexibility index (Phi) is 5.57. The summed E-state index contributed by atoms with van der Waals surface area (Å²) in [6.07, 6.45) is -0.599. The lowest BCUT2D eigenvalue weighted by atomic mass is 9.81. The van der Waals surface area contributed by atoms with Crippen LogP contribution in [0.15, 0.2) is 84.9 Å². The summed E-state index contributed by atoms with van der Waals surface area (Å²) < 4.78 is 0. The van der Waals surface area contributed by atoms with Gasteiger partial charge in [0.2, 0.25) is 0 Å². The van der Waals surface area contributed by atoms with E-state index in [9.17, 15) is 5.11 Å². The lowest BCUT2D eigenvalue weighted by Crippen LogP contribution is -2.03. The number of aryl methyl sites for hydroxylation is 3. The molecule has 0 radical (unpaired) electrons. The van der Waals surface area contributed by atoms with Gasteiger partial charge in [0.15, 0.2) is 0 Å². The zero-order valence-electron chi connectivity index (χ0n) is 18.1. The fourth-order valence-corrected chi connectivity index (χ4v) is 4.41. The van der Waals surface area contributed by atoms with E-state index in [0.717, 1.165) is 22.3 Å². The molecular formula is C29H28O. The van der Waals surface area contributed by atoms with Gasteiger partial charge in [-0.3, -0.25) is 0 Å². The maximum Gasteiger partial charge on any atom is 0.0774 e. The van der Waals surface area contributed by atoms with E-state index in [2.05, 4.69) is 106 Å². The van der Waals surface area contributed by atoms with E-state index >= 15 is 0 Å². The molecule has 0 heterocycles. The molecule has 0 aromatic heterocycles. The second-order valence-corrected chi connectivity index (χ2v) is 8.07. The zero-order valence-corrected chi connectivity index (χ0v) is 18.1. The number of hydrogen-bond acceptors (Lipinski definition) is 1. The molecule has 0 saturated heterocycles. The van der Waals surface area contributed by atoms with Gasteiger partial charge in [0, 0.05) is 0 Å². The molecule has 1 nitrogen and oxygen atoms in total. The first kappa shape index (κ1) is 20.1. The molecule has 0 unspecified atom stereocenters. The van der Waals surface area contributed by atoms with Gasteiger partial charge in [0.25, 0.3) is 0 Å². The highest BCUT2D eigenvalue weighted by atomic mass is 16.3. The Morgan fingerprint density at radius 1 is 0.500 bits per heavy atom. The maximum absolute atomic E-state index is 11.0. The average Bonchev–Trinajstić information content (AvgIpc) is 2.74. The van der Waals surface area contributed by atoms with Crippen LogP contribution >= 0.6 is 0 Å². The molecule has 0 bridgehead atoms. The van der Waals surface area contributed by atoms with E-state index in [1.807, 2.05) is 6.92 Å². The predicted octanol–water partition coefficient (Wildman–Crippen LogP) is 7.67. The van der Waals surface area contributed by atoms with Crippen molar-refractivity contribution in [2.75, 3.05) is 0 Å². The van der Waals surface area contributed by atoms with Crippen molar-refractivity contribution in [2.45, 2.75) is 33.8 Å². The summed E-state index contributed by atoms with van der Waals surface area (Å²) in [6.45, 7) is 8.29. The molecule has 1 N–H and O–H groups in total. The van der Waals surface area contributed by atoms with Crippen molar-refractivity contribution in [3.05, 3.63) is 107 Å². The minimum absolute atomic E-state index is 0.599. The van der Waals surface area contributed by atoms with Gasteiger partial charge >= 0.3 is 0 Å². The second-order valence-electron chi connectivity index (χ2n) is 8.07. The fraction of sp³-hybridized carbons (Fsp3) is 0.172. The van der Waals surface area contributed by atoms with Gasteiger partial charge in [0.05, 0.1) is 6.10 Å². The zero-order chi connectivity index (χ0) is 21.3. The second kappa shape index (κ2) is 8.30. The number of aliphatic hydroxyl groups excluding tert-OH is 1. The third kappa shape index (κ3) is 3.58. The molecule has 4 aromatic rings. The van der Waals surface area contributed by atoms with Crippen LogP contribution in [0.2, 0.25) is 0 Å². The van der Waals surface area contributed by atoms with Gasteiger partial charge in [0.1, 0.15) is 0 Å². The smallest absolute Gasteiger partial charge is 0.0774 e. The van der Waals surface area contributed by atoms with Gasteiger partial charge < -0.3 is 5.11 Å². The molecule has 0 aliphatic heterocycles. The van der Waals surface area contributed by atoms with E-state index in [-0.39, 0.29) is 0 Å². The van der Waals surface area contributed by atoms with E-state index in [1.165, 1.54) is 33.4 Å². The van der Waals surface area contributed by atoms with Crippen LogP contribution in [0.25, 0.3) is 33.4 Å². The van der Waals surface area contributed by atoms with E-state index in [1.54, 1.807) is 0 Å². The molecule has 4 aromatic carbocycles. The molecule has 0 amide bonds. The molecule has 0 fully saturated rings. The Morgan fingerprint density at radius 3 is 1.37 bits per heavy atom. The van der Waals surface area contributed by atoms with Crippen LogP contribution in [-0.2, 0) is 0 Å². The van der Waals surface area contributed by atoms with Crippen LogP contribution in [0.4, 0.5) is 0 Å². The van der Waals surface area contributed by atoms with Crippen molar-refractivity contribution in [3.8, 4) is 33.4 Å². The van der Waals surface area contributed by atoms with Crippen LogP contribution in [0.1, 0.15) is 35.3 Å². The molecule has 1 atom stereocenters. The lowest BCUT2D eigenvalue weighted by Gasteiger charge is -2.24. The highest BCUT2D eigenvalue weighted by Crippen LogP contribution is 2.44. The normalized spacial score (nSPS) is 12.0. The monoisotopic (exact) mass is 392 g/mol. The van der Waals surface area contributed by atoms with Crippen molar-refractivity contribution < 1.29 is 5.11 Å². The minimum atomic E-state index is -0.599. The Bertz CT molecular complexity index is 1200. The van der Waals surface area contributed by atoms with Gasteiger partial charge in [-0.05, 0) is 83.3 Å². The SMILES string of the molecule is Cc1ccccc1-c1ccc(-c2ccccc2C)c([C@H](C)O)c1-c1ccccc1C. The summed E-state index contributed by atoms with van der Waals surface area (Å²) in [7, 11) is 0. The van der Waals surface area contributed by atoms with Crippen molar-refractivity contribution >= 4 is 0 Å². The maximum atomic E-state index is 11.0. The average molecular weight is 393 g/mol. The van der Waals surface area contributed by atoms with Crippen molar-refractivity contribution in [1.82, 2.24) is 0 Å². The summed E-state index contributed by atoms with van der Waals surface area (Å²) >= 11 is 0. The Hall–Kier alpha value is -3.16. The summed E-state index contributed by atoms with van der Waals surface area (Å²) in [6, 6.07) is 29.7. The molecule has 0 aliphatic rings. The fourth-order valence-electron chi connectivity index (χ4n) is 4.41. The Labute approximate surface area is 179 Å². The Morgan fingerprint density at radius 2 is 0.900 bits per heavy atom. The summed E-state index contributed by atoms with van der Waals surface area (Å²) in [5.74, 6) is 0. The molecule has 0 spiro atoms. The topological polar surface area (TPSA) is 20.2 Å². The molecule has 4 rings (SSSR count). The van der Waals surface area contributed by atoms with Gasteiger partial charge in [-0.15, -0.1) is 0 Å². The van der Waals surface area contributed by atoms with Crippen LogP contribution in [0.5, 0.6) is 0 Å². The van der Waals surface area contributed by atoms with Crippen molar-refractivity contribution in [1.29, 1.82) is 0 Å². The molecule has 1 heteroatoms. The van der Waals surface area contributed by atoms with E-state index in [0.29, 0.717) is 0 Å². The van der Waals surface area contributed by atoms with Crippen LogP contribution in [0.3, 0.4) is 0 Å². The van der Waals surface area contributed by atoms with Gasteiger partial charge in [-0.1, -0.05) is 84.9 Å². The summed E-state index contributed by atoms with van der Waals surface area (Å²) in [5, 5.41) is 11.0. The van der Waals surface area contributed by atoms with Crippen molar-refractivity contribution in [3.63, 3.8) is 0 Å². The van der Waals surface area contributed by atoms with E-state index < -0.39 is 6.10 Å². The number of rotatable bonds is 4. The quantitative estimate of drug-likeness (QED) is 0.378. The van der Waals surface area contributed by atoms with Crippen LogP contribution in [0, 0.1) is 20.8 Å². The summed E-state index contributed by atoms with van der Waals surface area (Å²) in [4.78, 5) is 0. The minimum Gasteiger partial charge on any atom is -0.389 e. The number of hydrogen-bond donors (Lipinski definition) is 1. The standard InChI is InChI=1S/C29H28O/c1-19-11-5-8-14-23(19)26-17-18-27(24-15-9-6-12-20(24)2)29(28(26)22(4)30)25-16-10-7-13-21(25)3/h5-18,22,30H,1-4H3/t22-/m0/s1. The predicted molar refractivity (Wildman–Crippen MR) is 128 cm³/mol. The summed E-state index contributed by atoms with van der Waals surface area (Å²) in [5.41, 5.74) is 11.5. The third-order valence-corrected chi connectivity index (χ3v) is 5.95. The van der Waals surface area contributed by atoms with Crippen molar-refractivity contribution in [2.24, 2.45) is 0 Å². The first-order valence-corrected chi connectivity index (χ1v) is 10.5. The molecule has 0 saturated carbocycles. The van der Waals surface area contributed by atoms with Gasteiger partial charge in [-0.25, -0.2) is 0 Å². The Balaban J connectivity index is 2.15. The molecule has 30 heavy (non-hydrogen) atoms. The van der Waals surface area contributed by atoms with Crippen LogP contribution in [-0.4, -0.2) is 5.11 Å². The highest BCUT2D eigenvalue weighted by Gasteiger charge is 2.22. The molecular weight excluding hydrogens is 364 g/mol. The first-order chi connectivity index (χ1) is 14.5. The third-order valence-electron chi connectivity index (χ3n) is 5.95. The largest absolute Gasteiger partial charge is 0.389 e. The number of aliphatic hydroxyl groups is 1.